The third-order valence-electron chi connectivity index (χ3n) is 4.03. The van der Waals surface area contributed by atoms with Gasteiger partial charge in [-0.3, -0.25) is 9.59 Å². The maximum absolute atomic E-state index is 12.3. The van der Waals surface area contributed by atoms with Gasteiger partial charge in [-0.05, 0) is 38.8 Å². The number of amides is 1. The molecule has 1 aromatic rings. The van der Waals surface area contributed by atoms with Crippen molar-refractivity contribution in [3.63, 3.8) is 0 Å². The van der Waals surface area contributed by atoms with Crippen molar-refractivity contribution in [1.29, 1.82) is 0 Å². The Morgan fingerprint density at radius 2 is 2.15 bits per heavy atom. The molecule has 1 aromatic heterocycles. The first-order valence-electron chi connectivity index (χ1n) is 6.91. The molecule has 1 saturated carbocycles. The molecule has 0 aromatic carbocycles. The van der Waals surface area contributed by atoms with Crippen LogP contribution in [0.2, 0.25) is 0 Å². The lowest BCUT2D eigenvalue weighted by molar-refractivity contribution is -0.145. The number of carbonyl (C=O) groups is 2. The first-order valence-corrected chi connectivity index (χ1v) is 6.91. The van der Waals surface area contributed by atoms with Gasteiger partial charge in [0.15, 0.2) is 0 Å². The van der Waals surface area contributed by atoms with Crippen molar-refractivity contribution in [3.8, 4) is 0 Å². The van der Waals surface area contributed by atoms with Crippen LogP contribution in [0, 0.1) is 12.8 Å². The quantitative estimate of drug-likeness (QED) is 0.886. The molecule has 1 amide bonds. The zero-order valence-corrected chi connectivity index (χ0v) is 11.8. The van der Waals surface area contributed by atoms with Crippen LogP contribution < -0.4 is 5.32 Å². The van der Waals surface area contributed by atoms with Gasteiger partial charge in [-0.1, -0.05) is 18.9 Å². The van der Waals surface area contributed by atoms with Crippen LogP contribution in [0.1, 0.15) is 48.8 Å². The van der Waals surface area contributed by atoms with E-state index in [1.165, 1.54) is 0 Å². The summed E-state index contributed by atoms with van der Waals surface area (Å²) < 4.78 is 0. The minimum Gasteiger partial charge on any atom is -0.481 e. The molecule has 1 aliphatic rings. The predicted octanol–water partition coefficient (Wildman–Crippen LogP) is 2.15. The maximum Gasteiger partial charge on any atom is 0.308 e. The summed E-state index contributed by atoms with van der Waals surface area (Å²) in [5.41, 5.74) is 0.397. The Morgan fingerprint density at radius 1 is 1.40 bits per heavy atom. The molecule has 1 heterocycles. The van der Waals surface area contributed by atoms with E-state index in [0.29, 0.717) is 18.5 Å². The fourth-order valence-corrected chi connectivity index (χ4v) is 2.87. The SMILES string of the molecule is Cc1cccc(C(=O)NC2(C)CCCCC2C(=O)O)n1. The number of aromatic nitrogens is 1. The number of rotatable bonds is 3. The van der Waals surface area contributed by atoms with Crippen LogP contribution in [0.3, 0.4) is 0 Å². The van der Waals surface area contributed by atoms with Gasteiger partial charge in [0.05, 0.1) is 11.5 Å². The molecular weight excluding hydrogens is 256 g/mol. The van der Waals surface area contributed by atoms with Gasteiger partial charge in [0.2, 0.25) is 0 Å². The lowest BCUT2D eigenvalue weighted by Crippen LogP contribution is -2.55. The lowest BCUT2D eigenvalue weighted by Gasteiger charge is -2.39. The molecule has 0 saturated heterocycles. The fourth-order valence-electron chi connectivity index (χ4n) is 2.87. The maximum atomic E-state index is 12.3. The second kappa shape index (κ2) is 5.61. The van der Waals surface area contributed by atoms with Crippen molar-refractivity contribution < 1.29 is 14.7 Å². The molecule has 5 nitrogen and oxygen atoms in total. The van der Waals surface area contributed by atoms with Crippen molar-refractivity contribution >= 4 is 11.9 Å². The second-order valence-electron chi connectivity index (χ2n) is 5.67. The highest BCUT2D eigenvalue weighted by Crippen LogP contribution is 2.34. The summed E-state index contributed by atoms with van der Waals surface area (Å²) >= 11 is 0. The largest absolute Gasteiger partial charge is 0.481 e. The number of nitrogens with zero attached hydrogens (tertiary/aromatic N) is 1. The fraction of sp³-hybridized carbons (Fsp3) is 0.533. The van der Waals surface area contributed by atoms with Gasteiger partial charge in [-0.2, -0.15) is 0 Å². The monoisotopic (exact) mass is 276 g/mol. The topological polar surface area (TPSA) is 79.3 Å². The van der Waals surface area contributed by atoms with E-state index >= 15 is 0 Å². The van der Waals surface area contributed by atoms with E-state index in [4.69, 9.17) is 0 Å². The highest BCUT2D eigenvalue weighted by atomic mass is 16.4. The predicted molar refractivity (Wildman–Crippen MR) is 74.4 cm³/mol. The Morgan fingerprint density at radius 3 is 2.80 bits per heavy atom. The number of nitrogens with one attached hydrogen (secondary N) is 1. The molecule has 2 unspecified atom stereocenters. The Balaban J connectivity index is 2.18. The van der Waals surface area contributed by atoms with Crippen molar-refractivity contribution in [2.45, 2.75) is 45.1 Å². The van der Waals surface area contributed by atoms with Gasteiger partial charge < -0.3 is 10.4 Å². The summed E-state index contributed by atoms with van der Waals surface area (Å²) in [5.74, 6) is -1.68. The van der Waals surface area contributed by atoms with Crippen LogP contribution in [-0.2, 0) is 4.79 Å². The third kappa shape index (κ3) is 2.98. The molecule has 5 heteroatoms. The van der Waals surface area contributed by atoms with Crippen LogP contribution in [0.25, 0.3) is 0 Å². The number of pyridine rings is 1. The number of carbonyl (C=O) groups excluding carboxylic acids is 1. The minimum atomic E-state index is -0.843. The smallest absolute Gasteiger partial charge is 0.308 e. The van der Waals surface area contributed by atoms with E-state index in [1.807, 2.05) is 19.9 Å². The molecule has 0 spiro atoms. The van der Waals surface area contributed by atoms with Gasteiger partial charge in [-0.25, -0.2) is 4.98 Å². The Kier molecular flexibility index (Phi) is 4.06. The third-order valence-corrected chi connectivity index (χ3v) is 4.03. The Hall–Kier alpha value is -1.91. The summed E-state index contributed by atoms with van der Waals surface area (Å²) in [4.78, 5) is 27.8. The number of carboxylic acids is 1. The number of aliphatic carboxylic acids is 1. The molecule has 20 heavy (non-hydrogen) atoms. The summed E-state index contributed by atoms with van der Waals surface area (Å²) in [5, 5.41) is 12.2. The minimum absolute atomic E-state index is 0.302. The van der Waals surface area contributed by atoms with E-state index < -0.39 is 17.4 Å². The van der Waals surface area contributed by atoms with Gasteiger partial charge in [0, 0.05) is 5.69 Å². The molecule has 108 valence electrons. The van der Waals surface area contributed by atoms with Gasteiger partial charge in [0.1, 0.15) is 5.69 Å². The van der Waals surface area contributed by atoms with Crippen LogP contribution in [0.15, 0.2) is 18.2 Å². The van der Waals surface area contributed by atoms with E-state index in [0.717, 1.165) is 18.5 Å². The first kappa shape index (κ1) is 14.5. The summed E-state index contributed by atoms with van der Waals surface area (Å²) in [6.45, 7) is 3.64. The average molecular weight is 276 g/mol. The van der Waals surface area contributed by atoms with Crippen LogP contribution in [-0.4, -0.2) is 27.5 Å². The average Bonchev–Trinajstić information content (AvgIpc) is 2.38. The normalized spacial score (nSPS) is 26.0. The van der Waals surface area contributed by atoms with Crippen LogP contribution in [0.5, 0.6) is 0 Å². The van der Waals surface area contributed by atoms with Crippen molar-refractivity contribution in [3.05, 3.63) is 29.6 Å². The van der Waals surface area contributed by atoms with E-state index in [-0.39, 0.29) is 5.91 Å². The summed E-state index contributed by atoms with van der Waals surface area (Å²) in [6.07, 6.45) is 3.11. The van der Waals surface area contributed by atoms with Gasteiger partial charge in [-0.15, -0.1) is 0 Å². The van der Waals surface area contributed by atoms with Crippen molar-refractivity contribution in [2.24, 2.45) is 5.92 Å². The molecule has 2 N–H and O–H groups in total. The summed E-state index contributed by atoms with van der Waals surface area (Å²) in [6, 6.07) is 5.23. The molecule has 0 bridgehead atoms. The second-order valence-corrected chi connectivity index (χ2v) is 5.67. The Bertz CT molecular complexity index is 530. The Labute approximate surface area is 118 Å². The van der Waals surface area contributed by atoms with Crippen molar-refractivity contribution in [2.75, 3.05) is 0 Å². The highest BCUT2D eigenvalue weighted by molar-refractivity contribution is 5.93. The highest BCUT2D eigenvalue weighted by Gasteiger charge is 2.42. The van der Waals surface area contributed by atoms with E-state index in [2.05, 4.69) is 10.3 Å². The summed E-state index contributed by atoms with van der Waals surface area (Å²) in [7, 11) is 0. The number of hydrogen-bond donors (Lipinski definition) is 2. The van der Waals surface area contributed by atoms with Crippen LogP contribution >= 0.6 is 0 Å². The molecule has 2 rings (SSSR count). The first-order chi connectivity index (χ1) is 9.42. The zero-order valence-electron chi connectivity index (χ0n) is 11.8. The molecule has 0 aliphatic heterocycles. The van der Waals surface area contributed by atoms with Crippen LogP contribution in [0.4, 0.5) is 0 Å². The number of hydrogen-bond acceptors (Lipinski definition) is 3. The number of carboxylic acid groups (broad SMARTS) is 1. The molecule has 0 radical (unpaired) electrons. The molecule has 1 aliphatic carbocycles. The zero-order chi connectivity index (χ0) is 14.8. The number of aryl methyl sites for hydroxylation is 1. The lowest BCUT2D eigenvalue weighted by atomic mass is 9.74. The van der Waals surface area contributed by atoms with E-state index in [9.17, 15) is 14.7 Å². The molecule has 2 atom stereocenters. The van der Waals surface area contributed by atoms with Crippen molar-refractivity contribution in [1.82, 2.24) is 10.3 Å². The van der Waals surface area contributed by atoms with E-state index in [1.54, 1.807) is 12.1 Å². The molecular formula is C15H20N2O3. The standard InChI is InChI=1S/C15H20N2O3/c1-10-6-5-8-12(16-10)13(18)17-15(2)9-4-3-7-11(15)14(19)20/h5-6,8,11H,3-4,7,9H2,1-2H3,(H,17,18)(H,19,20). The van der Waals surface area contributed by atoms with Gasteiger partial charge in [0.25, 0.3) is 5.91 Å². The van der Waals surface area contributed by atoms with Gasteiger partial charge >= 0.3 is 5.97 Å². The molecule has 1 fully saturated rings.